The Morgan fingerprint density at radius 1 is 1.13 bits per heavy atom. The van der Waals surface area contributed by atoms with Crippen LogP contribution in [0.25, 0.3) is 0 Å². The molecule has 0 radical (unpaired) electrons. The summed E-state index contributed by atoms with van der Waals surface area (Å²) in [6.07, 6.45) is -2.11. The lowest BCUT2D eigenvalue weighted by Crippen LogP contribution is -2.32. The van der Waals surface area contributed by atoms with Gasteiger partial charge in [0.15, 0.2) is 0 Å². The molecule has 6 nitrogen and oxygen atoms in total. The number of carbonyl (C=O) groups excluding carboxylic acids is 1. The zero-order chi connectivity index (χ0) is 21.9. The third-order valence-corrected chi connectivity index (χ3v) is 4.25. The van der Waals surface area contributed by atoms with E-state index in [4.69, 9.17) is 4.84 Å². The van der Waals surface area contributed by atoms with Crippen molar-refractivity contribution in [3.63, 3.8) is 0 Å². The highest BCUT2D eigenvalue weighted by atomic mass is 19.4. The normalized spacial score (nSPS) is 12.3. The van der Waals surface area contributed by atoms with E-state index in [1.807, 2.05) is 0 Å². The molecule has 0 saturated heterocycles. The Bertz CT molecular complexity index is 1110. The molecule has 156 valence electrons. The van der Waals surface area contributed by atoms with Gasteiger partial charge in [0, 0.05) is 12.3 Å². The quantitative estimate of drug-likeness (QED) is 0.643. The minimum atomic E-state index is -4.54. The molecule has 2 aromatic heterocycles. The number of benzene rings is 1. The van der Waals surface area contributed by atoms with E-state index in [1.165, 1.54) is 25.4 Å². The van der Waals surface area contributed by atoms with Crippen molar-refractivity contribution in [3.05, 3.63) is 99.5 Å². The summed E-state index contributed by atoms with van der Waals surface area (Å²) >= 11 is 0. The number of hydrogen-bond acceptors (Lipinski definition) is 4. The monoisotopic (exact) mass is 421 g/mol. The molecule has 3 rings (SSSR count). The molecule has 30 heavy (non-hydrogen) atoms. The van der Waals surface area contributed by atoms with E-state index in [0.717, 1.165) is 47.3 Å². The van der Waals surface area contributed by atoms with E-state index in [9.17, 15) is 27.2 Å². The summed E-state index contributed by atoms with van der Waals surface area (Å²) in [5, 5.41) is 2.54. The maximum Gasteiger partial charge on any atom is 0.416 e. The molecule has 10 heteroatoms. The molecule has 1 amide bonds. The highest BCUT2D eigenvalue weighted by molar-refractivity contribution is 5.94. The molecule has 3 aromatic rings. The van der Waals surface area contributed by atoms with Crippen molar-refractivity contribution in [2.45, 2.75) is 12.2 Å². The Morgan fingerprint density at radius 2 is 1.83 bits per heavy atom. The predicted molar refractivity (Wildman–Crippen MR) is 98.2 cm³/mol. The van der Waals surface area contributed by atoms with Gasteiger partial charge in [-0.25, -0.2) is 4.39 Å². The summed E-state index contributed by atoms with van der Waals surface area (Å²) < 4.78 is 53.8. The van der Waals surface area contributed by atoms with E-state index in [0.29, 0.717) is 0 Å². The Morgan fingerprint density at radius 3 is 2.43 bits per heavy atom. The maximum absolute atomic E-state index is 14.4. The van der Waals surface area contributed by atoms with Gasteiger partial charge in [0.2, 0.25) is 0 Å². The number of rotatable bonds is 5. The zero-order valence-electron chi connectivity index (χ0n) is 15.5. The first-order valence-corrected chi connectivity index (χ1v) is 8.56. The largest absolute Gasteiger partial charge is 0.416 e. The molecule has 2 heterocycles. The molecular weight excluding hydrogens is 406 g/mol. The number of pyridine rings is 2. The summed E-state index contributed by atoms with van der Waals surface area (Å²) in [7, 11) is 1.23. The number of amides is 1. The molecule has 1 atom stereocenters. The molecule has 1 N–H and O–H groups in total. The second-order valence-corrected chi connectivity index (χ2v) is 6.16. The van der Waals surface area contributed by atoms with Crippen LogP contribution in [-0.2, 0) is 6.18 Å². The van der Waals surface area contributed by atoms with Crippen molar-refractivity contribution < 1.29 is 27.2 Å². The van der Waals surface area contributed by atoms with Crippen LogP contribution in [-0.4, -0.2) is 22.7 Å². The number of halogens is 4. The smallest absolute Gasteiger partial charge is 0.414 e. The second-order valence-electron chi connectivity index (χ2n) is 6.16. The van der Waals surface area contributed by atoms with Crippen molar-refractivity contribution in [3.8, 4) is 0 Å². The third-order valence-electron chi connectivity index (χ3n) is 4.25. The first-order chi connectivity index (χ1) is 14.2. The molecule has 0 aliphatic heterocycles. The summed E-state index contributed by atoms with van der Waals surface area (Å²) in [6, 6.07) is 7.58. The van der Waals surface area contributed by atoms with Gasteiger partial charge in [0.25, 0.3) is 11.5 Å². The third kappa shape index (κ3) is 4.48. The van der Waals surface area contributed by atoms with Crippen LogP contribution in [0.1, 0.15) is 33.2 Å². The topological polar surface area (TPSA) is 73.2 Å². The average Bonchev–Trinajstić information content (AvgIpc) is 2.72. The summed E-state index contributed by atoms with van der Waals surface area (Å²) in [5.74, 6) is -1.46. The van der Waals surface area contributed by atoms with Crippen LogP contribution in [0.2, 0.25) is 0 Å². The van der Waals surface area contributed by atoms with Crippen LogP contribution in [0.5, 0.6) is 0 Å². The van der Waals surface area contributed by atoms with Crippen molar-refractivity contribution in [2.75, 3.05) is 7.11 Å². The van der Waals surface area contributed by atoms with Gasteiger partial charge in [-0.05, 0) is 35.9 Å². The van der Waals surface area contributed by atoms with E-state index in [2.05, 4.69) is 10.3 Å². The van der Waals surface area contributed by atoms with Crippen molar-refractivity contribution in [2.24, 2.45) is 0 Å². The van der Waals surface area contributed by atoms with Gasteiger partial charge in [-0.2, -0.15) is 17.9 Å². The molecule has 0 bridgehead atoms. The lowest BCUT2D eigenvalue weighted by atomic mass is 10.0. The molecule has 1 aromatic carbocycles. The fourth-order valence-corrected chi connectivity index (χ4v) is 2.74. The van der Waals surface area contributed by atoms with Gasteiger partial charge in [-0.1, -0.05) is 12.1 Å². The molecule has 0 spiro atoms. The highest BCUT2D eigenvalue weighted by Gasteiger charge is 2.31. The molecule has 0 fully saturated rings. The van der Waals surface area contributed by atoms with Gasteiger partial charge < -0.3 is 10.2 Å². The Hall–Kier alpha value is -3.69. The van der Waals surface area contributed by atoms with Crippen LogP contribution in [0.3, 0.4) is 0 Å². The minimum Gasteiger partial charge on any atom is -0.414 e. The van der Waals surface area contributed by atoms with Crippen LogP contribution in [0.15, 0.2) is 65.7 Å². The lowest BCUT2D eigenvalue weighted by Gasteiger charge is -2.20. The van der Waals surface area contributed by atoms with Crippen molar-refractivity contribution in [1.29, 1.82) is 0 Å². The van der Waals surface area contributed by atoms with Gasteiger partial charge in [0.05, 0.1) is 23.4 Å². The predicted octanol–water partition coefficient (Wildman–Crippen LogP) is 2.98. The van der Waals surface area contributed by atoms with Crippen LogP contribution < -0.4 is 15.7 Å². The average molecular weight is 421 g/mol. The highest BCUT2D eigenvalue weighted by Crippen LogP contribution is 2.31. The van der Waals surface area contributed by atoms with Crippen molar-refractivity contribution >= 4 is 5.91 Å². The van der Waals surface area contributed by atoms with Gasteiger partial charge in [-0.15, -0.1) is 0 Å². The molecule has 0 aliphatic rings. The summed E-state index contributed by atoms with van der Waals surface area (Å²) in [4.78, 5) is 33.1. The maximum atomic E-state index is 14.4. The standard InChI is InChI=1S/C20H15F4N3O3/c1-30-27-11-13(6-9-16(27)28)19(29)26-17(18-15(21)3-2-10-25-18)12-4-7-14(8-5-12)20(22,23)24/h2-11,17H,1H3,(H,26,29)/t17-/m0/s1. The molecule has 0 aliphatic carbocycles. The number of aromatic nitrogens is 2. The first-order valence-electron chi connectivity index (χ1n) is 8.56. The number of hydrogen-bond donors (Lipinski definition) is 1. The Labute approximate surface area is 167 Å². The lowest BCUT2D eigenvalue weighted by molar-refractivity contribution is -0.137. The van der Waals surface area contributed by atoms with Gasteiger partial charge in [0.1, 0.15) is 18.6 Å². The number of alkyl halides is 3. The Kier molecular flexibility index (Phi) is 5.86. The minimum absolute atomic E-state index is 0.0182. The van der Waals surface area contributed by atoms with E-state index in [1.54, 1.807) is 0 Å². The van der Waals surface area contributed by atoms with E-state index < -0.39 is 35.1 Å². The van der Waals surface area contributed by atoms with E-state index in [-0.39, 0.29) is 16.8 Å². The van der Waals surface area contributed by atoms with Crippen LogP contribution >= 0.6 is 0 Å². The molecular formula is C20H15F4N3O3. The Balaban J connectivity index is 1.99. The molecule has 0 unspecified atom stereocenters. The van der Waals surface area contributed by atoms with Gasteiger partial charge in [-0.3, -0.25) is 14.6 Å². The second kappa shape index (κ2) is 8.36. The van der Waals surface area contributed by atoms with Crippen LogP contribution in [0, 0.1) is 5.82 Å². The molecule has 0 saturated carbocycles. The van der Waals surface area contributed by atoms with Crippen molar-refractivity contribution in [1.82, 2.24) is 15.0 Å². The first kappa shape index (κ1) is 21.0. The SMILES string of the molecule is COn1cc(C(=O)N[C@@H](c2ccc(C(F)(F)F)cc2)c2ncccc2F)ccc1=O. The fraction of sp³-hybridized carbons (Fsp3) is 0.150. The fourth-order valence-electron chi connectivity index (χ4n) is 2.74. The van der Waals surface area contributed by atoms with Crippen LogP contribution in [0.4, 0.5) is 17.6 Å². The number of nitrogens with one attached hydrogen (secondary N) is 1. The summed E-state index contributed by atoms with van der Waals surface area (Å²) in [5.41, 5.74) is -1.36. The summed E-state index contributed by atoms with van der Waals surface area (Å²) in [6.45, 7) is 0. The number of nitrogens with zero attached hydrogens (tertiary/aromatic N) is 2. The van der Waals surface area contributed by atoms with E-state index >= 15 is 0 Å². The number of carbonyl (C=O) groups is 1. The zero-order valence-corrected chi connectivity index (χ0v) is 15.5. The van der Waals surface area contributed by atoms with Gasteiger partial charge >= 0.3 is 6.18 Å².